The molecule has 288 valence electrons. The first-order valence-electron chi connectivity index (χ1n) is 16.6. The Morgan fingerprint density at radius 3 is 2.28 bits per heavy atom. The average Bonchev–Trinajstić information content (AvgIpc) is 3.59. The Bertz CT molecular complexity index is 1860. The van der Waals surface area contributed by atoms with E-state index >= 15 is 8.78 Å². The lowest BCUT2D eigenvalue weighted by Gasteiger charge is -2.38. The van der Waals surface area contributed by atoms with Gasteiger partial charge in [0.15, 0.2) is 5.65 Å². The number of hydrogen-bond donors (Lipinski definition) is 2. The molecule has 2 N–H and O–H groups in total. The van der Waals surface area contributed by atoms with Crippen molar-refractivity contribution in [2.24, 2.45) is 11.3 Å². The van der Waals surface area contributed by atoms with E-state index in [1.54, 1.807) is 20.8 Å². The van der Waals surface area contributed by atoms with Gasteiger partial charge < -0.3 is 24.3 Å². The van der Waals surface area contributed by atoms with Crippen molar-refractivity contribution in [1.82, 2.24) is 34.6 Å². The molecule has 1 saturated heterocycles. The van der Waals surface area contributed by atoms with Crippen molar-refractivity contribution >= 4 is 40.8 Å². The number of aromatic nitrogens is 3. The molecule has 1 fully saturated rings. The second kappa shape index (κ2) is 14.5. The quantitative estimate of drug-likeness (QED) is 0.142. The summed E-state index contributed by atoms with van der Waals surface area (Å²) in [6.07, 6.45) is 2.05. The molecule has 2 unspecified atom stereocenters. The van der Waals surface area contributed by atoms with E-state index in [0.29, 0.717) is 6.92 Å². The van der Waals surface area contributed by atoms with E-state index in [0.717, 1.165) is 4.90 Å². The first-order valence-corrected chi connectivity index (χ1v) is 17.7. The van der Waals surface area contributed by atoms with Gasteiger partial charge in [-0.3, -0.25) is 9.59 Å². The lowest BCUT2D eigenvalue weighted by Crippen LogP contribution is -2.58. The van der Waals surface area contributed by atoms with Gasteiger partial charge in [-0.1, -0.05) is 31.0 Å². The number of imide groups is 1. The molecule has 0 aliphatic carbocycles. The van der Waals surface area contributed by atoms with E-state index in [1.807, 2.05) is 0 Å². The molecule has 1 aromatic carbocycles. The standard InChI is InChI=1S/C34H41F4N7O7S/c1-31(2,3)53(50)42-26(22(13-32(4,5)33(6,35)36)29(48)52-45-27(46)20-10-8-9-11-21(20)28(45)47)23-15-44-25(41-23)12-19(14-40-44)24(16-51-7)43-18-34(37,38)17-39-30(43)49/h8-12,14-15,22,24,26,42H,13,16-18H2,1-7H3,(H,39,49)/t22?,24-,26+,53?/m1/s1. The molecule has 0 saturated carbocycles. The van der Waals surface area contributed by atoms with Gasteiger partial charge >= 0.3 is 12.0 Å². The summed E-state index contributed by atoms with van der Waals surface area (Å²) in [6.45, 7) is 6.13. The summed E-state index contributed by atoms with van der Waals surface area (Å²) in [6, 6.07) is 4.02. The maximum atomic E-state index is 15.1. The van der Waals surface area contributed by atoms with Crippen molar-refractivity contribution in [2.75, 3.05) is 26.8 Å². The average molecular weight is 768 g/mol. The largest absolute Gasteiger partial charge is 0.598 e. The molecule has 4 atom stereocenters. The zero-order chi connectivity index (χ0) is 39.3. The monoisotopic (exact) mass is 767 g/mol. The van der Waals surface area contributed by atoms with Gasteiger partial charge in [0, 0.05) is 29.5 Å². The van der Waals surface area contributed by atoms with Gasteiger partial charge in [0.25, 0.3) is 17.7 Å². The van der Waals surface area contributed by atoms with Gasteiger partial charge in [-0.15, -0.1) is 4.72 Å². The molecule has 4 amide bonds. The van der Waals surface area contributed by atoms with Crippen LogP contribution >= 0.6 is 0 Å². The molecule has 2 aliphatic rings. The lowest BCUT2D eigenvalue weighted by molar-refractivity contribution is -0.179. The summed E-state index contributed by atoms with van der Waals surface area (Å²) in [7, 11) is 1.33. The van der Waals surface area contributed by atoms with Crippen LogP contribution in [0.4, 0.5) is 22.4 Å². The van der Waals surface area contributed by atoms with Gasteiger partial charge in [-0.25, -0.2) is 36.7 Å². The maximum Gasteiger partial charge on any atom is 0.338 e. The van der Waals surface area contributed by atoms with E-state index in [2.05, 4.69) is 20.1 Å². The predicted molar refractivity (Wildman–Crippen MR) is 182 cm³/mol. The number of halogens is 4. The smallest absolute Gasteiger partial charge is 0.338 e. The topological polar surface area (TPSA) is 171 Å². The SMILES string of the molecule is COC[C@H](c1cnn2cc([C@@H](N[S+]([O-])C(C)(C)C)C(CC(C)(C)C(C)(F)F)C(=O)ON3C(=O)c4ccccc4C3=O)nc2c1)N1CC(F)(F)CNC1=O. The number of urea groups is 1. The summed E-state index contributed by atoms with van der Waals surface area (Å²) >= 11 is -1.96. The van der Waals surface area contributed by atoms with Crippen LogP contribution in [0.2, 0.25) is 0 Å². The van der Waals surface area contributed by atoms with Crippen molar-refractivity contribution in [1.29, 1.82) is 0 Å². The molecule has 2 aliphatic heterocycles. The Morgan fingerprint density at radius 2 is 1.72 bits per heavy atom. The van der Waals surface area contributed by atoms with E-state index in [1.165, 1.54) is 68.2 Å². The third-order valence-electron chi connectivity index (χ3n) is 9.28. The van der Waals surface area contributed by atoms with Gasteiger partial charge in [0.1, 0.15) is 10.8 Å². The second-order valence-electron chi connectivity index (χ2n) is 14.8. The molecule has 5 rings (SSSR count). The fraction of sp³-hybridized carbons (Fsp3) is 0.529. The zero-order valence-corrected chi connectivity index (χ0v) is 30.9. The summed E-state index contributed by atoms with van der Waals surface area (Å²) < 4.78 is 80.9. The highest BCUT2D eigenvalue weighted by Crippen LogP contribution is 2.44. The highest BCUT2D eigenvalue weighted by atomic mass is 32.2. The summed E-state index contributed by atoms with van der Waals surface area (Å²) in [5.41, 5.74) is -1.62. The van der Waals surface area contributed by atoms with Gasteiger partial charge in [0.05, 0.1) is 60.9 Å². The molecule has 0 radical (unpaired) electrons. The Kier molecular flexibility index (Phi) is 10.9. The van der Waals surface area contributed by atoms with Crippen LogP contribution in [0, 0.1) is 11.3 Å². The fourth-order valence-corrected chi connectivity index (χ4v) is 6.69. The molecule has 4 heterocycles. The van der Waals surface area contributed by atoms with E-state index in [4.69, 9.17) is 9.57 Å². The number of methoxy groups -OCH3 is 1. The highest BCUT2D eigenvalue weighted by molar-refractivity contribution is 7.90. The molecule has 53 heavy (non-hydrogen) atoms. The number of hydrogen-bond acceptors (Lipinski definition) is 10. The van der Waals surface area contributed by atoms with Crippen molar-refractivity contribution < 1.29 is 50.9 Å². The third-order valence-corrected chi connectivity index (χ3v) is 10.9. The minimum atomic E-state index is -3.36. The first kappa shape index (κ1) is 39.9. The van der Waals surface area contributed by atoms with Crippen LogP contribution in [-0.4, -0.2) is 96.3 Å². The van der Waals surface area contributed by atoms with E-state index in [-0.39, 0.29) is 39.7 Å². The van der Waals surface area contributed by atoms with Crippen LogP contribution in [0.15, 0.2) is 42.7 Å². The lowest BCUT2D eigenvalue weighted by atomic mass is 9.75. The Hall–Kier alpha value is -4.33. The number of hydroxylamine groups is 2. The van der Waals surface area contributed by atoms with Crippen LogP contribution in [0.3, 0.4) is 0 Å². The Labute approximate surface area is 305 Å². The second-order valence-corrected chi connectivity index (χ2v) is 16.8. The number of imidazole rings is 1. The van der Waals surface area contributed by atoms with Gasteiger partial charge in [-0.05, 0) is 52.3 Å². The summed E-state index contributed by atoms with van der Waals surface area (Å²) in [5, 5.41) is 6.76. The molecular weight excluding hydrogens is 726 g/mol. The zero-order valence-electron chi connectivity index (χ0n) is 30.1. The Balaban J connectivity index is 1.58. The highest BCUT2D eigenvalue weighted by Gasteiger charge is 2.50. The molecule has 19 heteroatoms. The number of carbonyl (C=O) groups excluding carboxylic acids is 4. The van der Waals surface area contributed by atoms with Crippen molar-refractivity contribution in [3.63, 3.8) is 0 Å². The minimum absolute atomic E-state index is 0.0164. The molecule has 0 bridgehead atoms. The molecule has 14 nitrogen and oxygen atoms in total. The molecule has 2 aromatic heterocycles. The van der Waals surface area contributed by atoms with Crippen LogP contribution in [0.25, 0.3) is 5.65 Å². The van der Waals surface area contributed by atoms with Crippen LogP contribution in [0.1, 0.15) is 92.0 Å². The van der Waals surface area contributed by atoms with Gasteiger partial charge in [-0.2, -0.15) is 5.10 Å². The summed E-state index contributed by atoms with van der Waals surface area (Å²) in [4.78, 5) is 64.0. The molecule has 0 spiro atoms. The van der Waals surface area contributed by atoms with E-state index in [9.17, 15) is 32.5 Å². The third kappa shape index (κ3) is 8.27. The molecule has 3 aromatic rings. The maximum absolute atomic E-state index is 15.1. The van der Waals surface area contributed by atoms with Gasteiger partial charge in [0.2, 0.25) is 5.92 Å². The number of benzene rings is 1. The number of rotatable bonds is 13. The predicted octanol–water partition coefficient (Wildman–Crippen LogP) is 4.61. The first-order chi connectivity index (χ1) is 24.5. The van der Waals surface area contributed by atoms with Crippen molar-refractivity contribution in [3.8, 4) is 0 Å². The fourth-order valence-electron chi connectivity index (χ4n) is 5.82. The minimum Gasteiger partial charge on any atom is -0.598 e. The summed E-state index contributed by atoms with van der Waals surface area (Å²) in [5.74, 6) is -11.4. The van der Waals surface area contributed by atoms with Crippen molar-refractivity contribution in [3.05, 3.63) is 65.1 Å². The normalized spacial score (nSPS) is 18.8. The number of nitrogens with zero attached hydrogens (tertiary/aromatic N) is 5. The van der Waals surface area contributed by atoms with Crippen LogP contribution < -0.4 is 10.0 Å². The Morgan fingerprint density at radius 1 is 1.09 bits per heavy atom. The number of nitrogens with one attached hydrogen (secondary N) is 2. The van der Waals surface area contributed by atoms with Crippen molar-refractivity contribution in [2.45, 2.75) is 76.6 Å². The van der Waals surface area contributed by atoms with Crippen LogP contribution in [0.5, 0.6) is 0 Å². The molecular formula is C34H41F4N7O7S. The number of fused-ring (bicyclic) bond motifs is 2. The van der Waals surface area contributed by atoms with Crippen LogP contribution in [-0.2, 0) is 25.7 Å². The number of amides is 4. The number of carbonyl (C=O) groups is 4. The number of ether oxygens (including phenoxy) is 1. The van der Waals surface area contributed by atoms with E-state index < -0.39 is 94.7 Å². The number of alkyl halides is 4.